The summed E-state index contributed by atoms with van der Waals surface area (Å²) in [6, 6.07) is 1.95. The number of aromatic amines is 1. The molecule has 0 bridgehead atoms. The maximum absolute atomic E-state index is 5.18. The van der Waals surface area contributed by atoms with Crippen LogP contribution in [0.15, 0.2) is 6.07 Å². The van der Waals surface area contributed by atoms with E-state index < -0.39 is 0 Å². The van der Waals surface area contributed by atoms with Gasteiger partial charge in [0, 0.05) is 13.7 Å². The summed E-state index contributed by atoms with van der Waals surface area (Å²) in [6.07, 6.45) is 0. The molecule has 74 valence electrons. The SMILES string of the molecule is COCc1cc(=S)n(CC(C)C)[nH]1. The van der Waals surface area contributed by atoms with Gasteiger partial charge in [0.15, 0.2) is 0 Å². The van der Waals surface area contributed by atoms with Gasteiger partial charge in [0.2, 0.25) is 0 Å². The van der Waals surface area contributed by atoms with E-state index in [2.05, 4.69) is 18.9 Å². The molecule has 0 amide bonds. The van der Waals surface area contributed by atoms with E-state index in [1.807, 2.05) is 10.7 Å². The van der Waals surface area contributed by atoms with Crippen molar-refractivity contribution in [3.8, 4) is 0 Å². The fourth-order valence-electron chi connectivity index (χ4n) is 1.22. The summed E-state index contributed by atoms with van der Waals surface area (Å²) in [4.78, 5) is 0. The van der Waals surface area contributed by atoms with Crippen molar-refractivity contribution >= 4 is 12.2 Å². The van der Waals surface area contributed by atoms with Crippen molar-refractivity contribution in [1.82, 2.24) is 9.78 Å². The van der Waals surface area contributed by atoms with Crippen molar-refractivity contribution < 1.29 is 4.74 Å². The highest BCUT2D eigenvalue weighted by Gasteiger charge is 2.01. The minimum atomic E-state index is 0.592. The van der Waals surface area contributed by atoms with E-state index in [4.69, 9.17) is 17.0 Å². The molecule has 0 aliphatic rings. The van der Waals surface area contributed by atoms with Crippen LogP contribution >= 0.6 is 12.2 Å². The second-order valence-corrected chi connectivity index (χ2v) is 3.98. The number of nitrogens with one attached hydrogen (secondary N) is 1. The van der Waals surface area contributed by atoms with Crippen molar-refractivity contribution in [3.63, 3.8) is 0 Å². The fraction of sp³-hybridized carbons (Fsp3) is 0.667. The number of hydrogen-bond donors (Lipinski definition) is 1. The maximum atomic E-state index is 5.18. The zero-order chi connectivity index (χ0) is 9.84. The molecule has 0 unspecified atom stereocenters. The molecule has 0 saturated heterocycles. The van der Waals surface area contributed by atoms with Crippen LogP contribution < -0.4 is 0 Å². The summed E-state index contributed by atoms with van der Waals surface area (Å²) in [5.74, 6) is 0.598. The highest BCUT2D eigenvalue weighted by Crippen LogP contribution is 2.04. The molecular formula is C9H16N2OS. The van der Waals surface area contributed by atoms with Gasteiger partial charge in [0.25, 0.3) is 0 Å². The highest BCUT2D eigenvalue weighted by atomic mass is 32.1. The van der Waals surface area contributed by atoms with E-state index in [1.54, 1.807) is 7.11 Å². The number of aromatic nitrogens is 2. The Morgan fingerprint density at radius 3 is 2.85 bits per heavy atom. The van der Waals surface area contributed by atoms with E-state index in [9.17, 15) is 0 Å². The molecule has 1 aromatic rings. The van der Waals surface area contributed by atoms with Crippen molar-refractivity contribution in [2.75, 3.05) is 7.11 Å². The van der Waals surface area contributed by atoms with Crippen LogP contribution in [0.25, 0.3) is 0 Å². The summed E-state index contributed by atoms with van der Waals surface area (Å²) in [6.45, 7) is 5.86. The molecule has 13 heavy (non-hydrogen) atoms. The molecule has 1 heterocycles. The monoisotopic (exact) mass is 200 g/mol. The molecule has 1 aromatic heterocycles. The highest BCUT2D eigenvalue weighted by molar-refractivity contribution is 7.71. The van der Waals surface area contributed by atoms with Gasteiger partial charge in [-0.15, -0.1) is 0 Å². The first kappa shape index (κ1) is 10.5. The van der Waals surface area contributed by atoms with Crippen LogP contribution in [0, 0.1) is 10.6 Å². The predicted octanol–water partition coefficient (Wildman–Crippen LogP) is 2.35. The standard InChI is InChI=1S/C9H16N2OS/c1-7(2)5-11-9(13)4-8(10-11)6-12-3/h4,7,10H,5-6H2,1-3H3. The lowest BCUT2D eigenvalue weighted by Crippen LogP contribution is -2.06. The minimum Gasteiger partial charge on any atom is -0.378 e. The predicted molar refractivity (Wildman–Crippen MR) is 55.2 cm³/mol. The number of rotatable bonds is 4. The lowest BCUT2D eigenvalue weighted by molar-refractivity contribution is 0.180. The Balaban J connectivity index is 2.77. The third kappa shape index (κ3) is 2.97. The summed E-state index contributed by atoms with van der Waals surface area (Å²) < 4.78 is 7.84. The second kappa shape index (κ2) is 4.58. The molecule has 0 aromatic carbocycles. The molecule has 0 spiro atoms. The van der Waals surface area contributed by atoms with E-state index in [0.717, 1.165) is 16.9 Å². The molecule has 0 radical (unpaired) electrons. The van der Waals surface area contributed by atoms with Crippen molar-refractivity contribution in [2.24, 2.45) is 5.92 Å². The Morgan fingerprint density at radius 1 is 1.62 bits per heavy atom. The zero-order valence-corrected chi connectivity index (χ0v) is 9.15. The van der Waals surface area contributed by atoms with Crippen LogP contribution in [0.4, 0.5) is 0 Å². The van der Waals surface area contributed by atoms with Gasteiger partial charge in [0.1, 0.15) is 4.64 Å². The van der Waals surface area contributed by atoms with Gasteiger partial charge in [-0.05, 0) is 12.0 Å². The lowest BCUT2D eigenvalue weighted by atomic mass is 10.2. The number of H-pyrrole nitrogens is 1. The smallest absolute Gasteiger partial charge is 0.122 e. The molecule has 1 N–H and O–H groups in total. The number of nitrogens with zero attached hydrogens (tertiary/aromatic N) is 1. The molecular weight excluding hydrogens is 184 g/mol. The first-order valence-corrected chi connectivity index (χ1v) is 4.82. The Kier molecular flexibility index (Phi) is 3.69. The van der Waals surface area contributed by atoms with Gasteiger partial charge in [-0.3, -0.25) is 9.78 Å². The van der Waals surface area contributed by atoms with Crippen LogP contribution in [0.3, 0.4) is 0 Å². The number of hydrogen-bond acceptors (Lipinski definition) is 2. The molecule has 0 saturated carbocycles. The van der Waals surface area contributed by atoms with Gasteiger partial charge in [0.05, 0.1) is 12.3 Å². The van der Waals surface area contributed by atoms with Crippen molar-refractivity contribution in [1.29, 1.82) is 0 Å². The maximum Gasteiger partial charge on any atom is 0.122 e. The van der Waals surface area contributed by atoms with Crippen molar-refractivity contribution in [2.45, 2.75) is 27.0 Å². The molecule has 4 heteroatoms. The van der Waals surface area contributed by atoms with E-state index in [1.165, 1.54) is 0 Å². The number of ether oxygens (including phenoxy) is 1. The molecule has 1 rings (SSSR count). The summed E-state index contributed by atoms with van der Waals surface area (Å²) in [5.41, 5.74) is 1.04. The molecule has 0 atom stereocenters. The average Bonchev–Trinajstić information content (AvgIpc) is 2.31. The Bertz CT molecular complexity index is 314. The quantitative estimate of drug-likeness (QED) is 0.756. The first-order valence-electron chi connectivity index (χ1n) is 4.41. The van der Waals surface area contributed by atoms with Gasteiger partial charge >= 0.3 is 0 Å². The van der Waals surface area contributed by atoms with Crippen LogP contribution in [-0.2, 0) is 17.9 Å². The first-order chi connectivity index (χ1) is 6.13. The minimum absolute atomic E-state index is 0.592. The van der Waals surface area contributed by atoms with Crippen LogP contribution in [0.2, 0.25) is 0 Å². The largest absolute Gasteiger partial charge is 0.378 e. The van der Waals surface area contributed by atoms with E-state index >= 15 is 0 Å². The Hall–Kier alpha value is -0.610. The topological polar surface area (TPSA) is 29.9 Å². The van der Waals surface area contributed by atoms with Gasteiger partial charge < -0.3 is 4.74 Å². The van der Waals surface area contributed by atoms with Gasteiger partial charge in [-0.1, -0.05) is 26.1 Å². The second-order valence-electron chi connectivity index (χ2n) is 3.56. The summed E-state index contributed by atoms with van der Waals surface area (Å²) in [5, 5.41) is 3.20. The van der Waals surface area contributed by atoms with Crippen molar-refractivity contribution in [3.05, 3.63) is 16.4 Å². The average molecular weight is 200 g/mol. The molecule has 0 aliphatic heterocycles. The third-order valence-electron chi connectivity index (χ3n) is 1.69. The number of methoxy groups -OCH3 is 1. The van der Waals surface area contributed by atoms with Crippen LogP contribution in [0.5, 0.6) is 0 Å². The molecule has 3 nitrogen and oxygen atoms in total. The Morgan fingerprint density at radius 2 is 2.31 bits per heavy atom. The van der Waals surface area contributed by atoms with Gasteiger partial charge in [-0.25, -0.2) is 0 Å². The van der Waals surface area contributed by atoms with E-state index in [-0.39, 0.29) is 0 Å². The molecule has 0 fully saturated rings. The van der Waals surface area contributed by atoms with Crippen LogP contribution in [-0.4, -0.2) is 16.9 Å². The zero-order valence-electron chi connectivity index (χ0n) is 8.33. The Labute approximate surface area is 83.7 Å². The third-order valence-corrected chi connectivity index (χ3v) is 2.03. The summed E-state index contributed by atoms with van der Waals surface area (Å²) in [7, 11) is 1.68. The van der Waals surface area contributed by atoms with Gasteiger partial charge in [-0.2, -0.15) is 0 Å². The van der Waals surface area contributed by atoms with E-state index in [0.29, 0.717) is 12.5 Å². The summed E-state index contributed by atoms with van der Waals surface area (Å²) >= 11 is 5.18. The van der Waals surface area contributed by atoms with Crippen LogP contribution in [0.1, 0.15) is 19.5 Å². The molecule has 0 aliphatic carbocycles. The lowest BCUT2D eigenvalue weighted by Gasteiger charge is -2.05. The fourth-order valence-corrected chi connectivity index (χ4v) is 1.48. The normalized spacial score (nSPS) is 11.1.